The van der Waals surface area contributed by atoms with Gasteiger partial charge in [0.05, 0.1) is 6.42 Å². The zero-order valence-electron chi connectivity index (χ0n) is 15.1. The van der Waals surface area contributed by atoms with Gasteiger partial charge in [-0.05, 0) is 42.0 Å². The largest absolute Gasteiger partial charge is 0.391 e. The summed E-state index contributed by atoms with van der Waals surface area (Å²) < 4.78 is 18.2. The summed E-state index contributed by atoms with van der Waals surface area (Å²) in [5.74, 6) is 0.0848. The Morgan fingerprint density at radius 2 is 1.93 bits per heavy atom. The molecule has 148 valence electrons. The van der Waals surface area contributed by atoms with Crippen LogP contribution in [0.15, 0.2) is 58.2 Å². The topological polar surface area (TPSA) is 89.6 Å². The van der Waals surface area contributed by atoms with E-state index in [9.17, 15) is 9.18 Å². The number of hydrogen-bond acceptors (Lipinski definition) is 6. The summed E-state index contributed by atoms with van der Waals surface area (Å²) in [7, 11) is 0. The van der Waals surface area contributed by atoms with Crippen LogP contribution in [0.3, 0.4) is 0 Å². The number of halogens is 2. The molecule has 0 fully saturated rings. The smallest absolute Gasteiger partial charge is 0.269 e. The Bertz CT molecular complexity index is 1030. The van der Waals surface area contributed by atoms with Crippen LogP contribution in [0.1, 0.15) is 17.8 Å². The maximum absolute atomic E-state index is 13.0. The van der Waals surface area contributed by atoms with Crippen LogP contribution in [-0.2, 0) is 22.6 Å². The van der Waals surface area contributed by atoms with E-state index in [1.54, 1.807) is 24.3 Å². The molecule has 7 nitrogen and oxygen atoms in total. The zero-order chi connectivity index (χ0) is 20.2. The standard InChI is InChI=1S/C20H16ClFN4O3/c21-14-5-1-12(2-6-14)11-23-19(27)17-9-16(28-25-17)10-18-24-20(29-26-18)13-3-7-15(22)8-4-13/h1-8,16H,9-11H2,(H,23,27)/t16-/m0/s1. The molecule has 0 radical (unpaired) electrons. The first-order valence-electron chi connectivity index (χ1n) is 8.90. The van der Waals surface area contributed by atoms with Crippen LogP contribution >= 0.6 is 11.6 Å². The van der Waals surface area contributed by atoms with Crippen LogP contribution < -0.4 is 5.32 Å². The third-order valence-corrected chi connectivity index (χ3v) is 4.58. The number of amides is 1. The monoisotopic (exact) mass is 414 g/mol. The second-order valence-corrected chi connectivity index (χ2v) is 6.94. The quantitative estimate of drug-likeness (QED) is 0.666. The average Bonchev–Trinajstić information content (AvgIpc) is 3.38. The third-order valence-electron chi connectivity index (χ3n) is 4.33. The van der Waals surface area contributed by atoms with E-state index in [1.807, 2.05) is 12.1 Å². The minimum Gasteiger partial charge on any atom is -0.391 e. The number of hydrogen-bond donors (Lipinski definition) is 1. The van der Waals surface area contributed by atoms with E-state index in [0.29, 0.717) is 47.4 Å². The van der Waals surface area contributed by atoms with Crippen LogP contribution in [0.4, 0.5) is 4.39 Å². The minimum absolute atomic E-state index is 0.289. The summed E-state index contributed by atoms with van der Waals surface area (Å²) in [4.78, 5) is 21.9. The predicted octanol–water partition coefficient (Wildman–Crippen LogP) is 3.53. The molecule has 1 amide bonds. The van der Waals surface area contributed by atoms with Crippen LogP contribution in [-0.4, -0.2) is 27.9 Å². The van der Waals surface area contributed by atoms with E-state index in [4.69, 9.17) is 21.0 Å². The molecule has 1 atom stereocenters. The Hall–Kier alpha value is -3.26. The van der Waals surface area contributed by atoms with Crippen molar-refractivity contribution in [3.8, 4) is 11.5 Å². The molecule has 0 spiro atoms. The molecule has 29 heavy (non-hydrogen) atoms. The Balaban J connectivity index is 1.29. The van der Waals surface area contributed by atoms with Gasteiger partial charge in [-0.3, -0.25) is 4.79 Å². The van der Waals surface area contributed by atoms with Gasteiger partial charge in [-0.25, -0.2) is 4.39 Å². The summed E-state index contributed by atoms with van der Waals surface area (Å²) >= 11 is 5.85. The second-order valence-electron chi connectivity index (χ2n) is 6.51. The summed E-state index contributed by atoms with van der Waals surface area (Å²) in [6.07, 6.45) is 0.319. The maximum atomic E-state index is 13.0. The lowest BCUT2D eigenvalue weighted by Crippen LogP contribution is -2.30. The summed E-state index contributed by atoms with van der Waals surface area (Å²) in [5, 5.41) is 11.2. The predicted molar refractivity (Wildman–Crippen MR) is 104 cm³/mol. The van der Waals surface area contributed by atoms with Gasteiger partial charge in [0.15, 0.2) is 5.82 Å². The van der Waals surface area contributed by atoms with E-state index in [1.165, 1.54) is 12.1 Å². The fourth-order valence-electron chi connectivity index (χ4n) is 2.81. The molecule has 2 heterocycles. The van der Waals surface area contributed by atoms with Gasteiger partial charge in [0.1, 0.15) is 17.6 Å². The van der Waals surface area contributed by atoms with Gasteiger partial charge in [-0.2, -0.15) is 4.98 Å². The van der Waals surface area contributed by atoms with Gasteiger partial charge >= 0.3 is 0 Å². The van der Waals surface area contributed by atoms with Crippen molar-refractivity contribution < 1.29 is 18.5 Å². The van der Waals surface area contributed by atoms with Crippen LogP contribution in [0.2, 0.25) is 5.02 Å². The first-order chi connectivity index (χ1) is 14.1. The second kappa shape index (κ2) is 8.40. The molecule has 1 aliphatic heterocycles. The molecule has 3 aromatic rings. The van der Waals surface area contributed by atoms with Crippen molar-refractivity contribution in [2.24, 2.45) is 5.16 Å². The fourth-order valence-corrected chi connectivity index (χ4v) is 2.93. The van der Waals surface area contributed by atoms with E-state index >= 15 is 0 Å². The van der Waals surface area contributed by atoms with Gasteiger partial charge in [-0.15, -0.1) is 0 Å². The first kappa shape index (κ1) is 19.1. The maximum Gasteiger partial charge on any atom is 0.269 e. The molecular weight excluding hydrogens is 399 g/mol. The highest BCUT2D eigenvalue weighted by molar-refractivity contribution is 6.39. The van der Waals surface area contributed by atoms with Gasteiger partial charge in [0, 0.05) is 23.6 Å². The first-order valence-corrected chi connectivity index (χ1v) is 9.28. The van der Waals surface area contributed by atoms with Gasteiger partial charge in [-0.1, -0.05) is 34.0 Å². The number of carbonyl (C=O) groups is 1. The van der Waals surface area contributed by atoms with Gasteiger partial charge in [0.25, 0.3) is 11.8 Å². The van der Waals surface area contributed by atoms with Crippen LogP contribution in [0.5, 0.6) is 0 Å². The minimum atomic E-state index is -0.357. The molecule has 0 aliphatic carbocycles. The molecule has 1 aliphatic rings. The SMILES string of the molecule is O=C(NCc1ccc(Cl)cc1)C1=NO[C@H](Cc2noc(-c3ccc(F)cc3)n2)C1. The normalized spacial score (nSPS) is 15.7. The summed E-state index contributed by atoms with van der Waals surface area (Å²) in [5.41, 5.74) is 1.86. The van der Waals surface area contributed by atoms with E-state index in [-0.39, 0.29) is 17.8 Å². The molecule has 9 heteroatoms. The van der Waals surface area contributed by atoms with Crippen LogP contribution in [0, 0.1) is 5.82 Å². The Labute approximate surface area is 170 Å². The van der Waals surface area contributed by atoms with Crippen molar-refractivity contribution in [2.45, 2.75) is 25.5 Å². The average molecular weight is 415 g/mol. The van der Waals surface area contributed by atoms with Crippen molar-refractivity contribution >= 4 is 23.2 Å². The zero-order valence-corrected chi connectivity index (χ0v) is 15.9. The molecule has 1 aromatic heterocycles. The molecule has 1 N–H and O–H groups in total. The number of aromatic nitrogens is 2. The van der Waals surface area contributed by atoms with Crippen molar-refractivity contribution in [1.29, 1.82) is 0 Å². The van der Waals surface area contributed by atoms with Crippen molar-refractivity contribution in [3.05, 3.63) is 70.8 Å². The summed E-state index contributed by atoms with van der Waals surface area (Å²) in [6, 6.07) is 13.0. The molecule has 4 rings (SSSR count). The lowest BCUT2D eigenvalue weighted by molar-refractivity contribution is -0.115. The molecule has 0 bridgehead atoms. The number of nitrogens with one attached hydrogen (secondary N) is 1. The van der Waals surface area contributed by atoms with E-state index in [0.717, 1.165) is 5.56 Å². The lowest BCUT2D eigenvalue weighted by Gasteiger charge is -2.05. The molecular formula is C20H16ClFN4O3. The van der Waals surface area contributed by atoms with Crippen molar-refractivity contribution in [1.82, 2.24) is 15.5 Å². The number of oxime groups is 1. The Kier molecular flexibility index (Phi) is 5.53. The highest BCUT2D eigenvalue weighted by Gasteiger charge is 2.27. The highest BCUT2D eigenvalue weighted by atomic mass is 35.5. The third kappa shape index (κ3) is 4.78. The van der Waals surface area contributed by atoms with Crippen molar-refractivity contribution in [2.75, 3.05) is 0 Å². The van der Waals surface area contributed by atoms with Crippen LogP contribution in [0.25, 0.3) is 11.5 Å². The van der Waals surface area contributed by atoms with E-state index < -0.39 is 0 Å². The van der Waals surface area contributed by atoms with Gasteiger partial charge < -0.3 is 14.7 Å². The Morgan fingerprint density at radius 3 is 2.69 bits per heavy atom. The van der Waals surface area contributed by atoms with Crippen molar-refractivity contribution in [3.63, 3.8) is 0 Å². The molecule has 0 saturated carbocycles. The molecule has 0 unspecified atom stereocenters. The molecule has 0 saturated heterocycles. The summed E-state index contributed by atoms with van der Waals surface area (Å²) in [6.45, 7) is 0.367. The number of rotatable bonds is 6. The molecule has 2 aromatic carbocycles. The van der Waals surface area contributed by atoms with Gasteiger partial charge in [0.2, 0.25) is 0 Å². The Morgan fingerprint density at radius 1 is 1.17 bits per heavy atom. The lowest BCUT2D eigenvalue weighted by atomic mass is 10.1. The number of benzene rings is 2. The number of carbonyl (C=O) groups excluding carboxylic acids is 1. The number of nitrogens with zero attached hydrogens (tertiary/aromatic N) is 3. The fraction of sp³-hybridized carbons (Fsp3) is 0.200. The highest BCUT2D eigenvalue weighted by Crippen LogP contribution is 2.20. The van der Waals surface area contributed by atoms with E-state index in [2.05, 4.69) is 20.6 Å².